The second-order valence-electron chi connectivity index (χ2n) is 3.92. The molecule has 1 aromatic heterocycles. The lowest BCUT2D eigenvalue weighted by Gasteiger charge is -2.17. The Balaban J connectivity index is 2.18. The second-order valence-corrected chi connectivity index (χ2v) is 3.92. The summed E-state index contributed by atoms with van der Waals surface area (Å²) in [6.45, 7) is 0. The predicted molar refractivity (Wildman–Crippen MR) is 69.3 cm³/mol. The van der Waals surface area contributed by atoms with Gasteiger partial charge in [-0.2, -0.15) is 0 Å². The summed E-state index contributed by atoms with van der Waals surface area (Å²) in [6, 6.07) is 14.7. The lowest BCUT2D eigenvalue weighted by molar-refractivity contribution is -0.137. The molecule has 0 radical (unpaired) electrons. The van der Waals surface area contributed by atoms with E-state index in [1.54, 1.807) is 6.20 Å². The molecule has 1 atom stereocenters. The summed E-state index contributed by atoms with van der Waals surface area (Å²) in [7, 11) is 0. The van der Waals surface area contributed by atoms with Crippen LogP contribution in [0.4, 0.5) is 5.82 Å². The lowest BCUT2D eigenvalue weighted by Crippen LogP contribution is -2.15. The summed E-state index contributed by atoms with van der Waals surface area (Å²) in [5, 5.41) is 12.1. The number of carboxylic acids is 1. The third-order valence-electron chi connectivity index (χ3n) is 2.57. The van der Waals surface area contributed by atoms with Gasteiger partial charge in [0.25, 0.3) is 0 Å². The van der Waals surface area contributed by atoms with Gasteiger partial charge in [0.05, 0.1) is 12.5 Å². The first-order valence-corrected chi connectivity index (χ1v) is 5.70. The molecule has 0 saturated carbocycles. The highest BCUT2D eigenvalue weighted by atomic mass is 16.4. The average Bonchev–Trinajstić information content (AvgIpc) is 2.40. The smallest absolute Gasteiger partial charge is 0.305 e. The van der Waals surface area contributed by atoms with Crippen molar-refractivity contribution in [1.82, 2.24) is 4.98 Å². The predicted octanol–water partition coefficient (Wildman–Crippen LogP) is 2.71. The molecule has 2 N–H and O–H groups in total. The molecule has 2 rings (SSSR count). The lowest BCUT2D eigenvalue weighted by atomic mass is 10.0. The first-order valence-electron chi connectivity index (χ1n) is 5.70. The molecule has 92 valence electrons. The molecule has 0 amide bonds. The van der Waals surface area contributed by atoms with Crippen molar-refractivity contribution in [3.8, 4) is 0 Å². The van der Waals surface area contributed by atoms with Crippen LogP contribution in [-0.4, -0.2) is 16.1 Å². The van der Waals surface area contributed by atoms with Crippen molar-refractivity contribution in [3.63, 3.8) is 0 Å². The zero-order valence-corrected chi connectivity index (χ0v) is 9.78. The highest BCUT2D eigenvalue weighted by Gasteiger charge is 2.15. The molecule has 18 heavy (non-hydrogen) atoms. The first kappa shape index (κ1) is 12.1. The highest BCUT2D eigenvalue weighted by Crippen LogP contribution is 2.21. The van der Waals surface area contributed by atoms with Crippen LogP contribution in [-0.2, 0) is 4.79 Å². The molecule has 0 spiro atoms. The van der Waals surface area contributed by atoms with Crippen LogP contribution in [0, 0.1) is 0 Å². The summed E-state index contributed by atoms with van der Waals surface area (Å²) < 4.78 is 0. The van der Waals surface area contributed by atoms with Crippen LogP contribution in [0.2, 0.25) is 0 Å². The molecule has 0 aliphatic heterocycles. The van der Waals surface area contributed by atoms with Crippen LogP contribution in [0.5, 0.6) is 0 Å². The number of rotatable bonds is 5. The molecular formula is C14H14N2O2. The van der Waals surface area contributed by atoms with E-state index < -0.39 is 5.97 Å². The van der Waals surface area contributed by atoms with Gasteiger partial charge in [0.1, 0.15) is 5.82 Å². The number of anilines is 1. The van der Waals surface area contributed by atoms with E-state index in [1.807, 2.05) is 48.5 Å². The third-order valence-corrected chi connectivity index (χ3v) is 2.57. The van der Waals surface area contributed by atoms with Gasteiger partial charge in [-0.1, -0.05) is 36.4 Å². The molecule has 0 unspecified atom stereocenters. The number of nitrogens with one attached hydrogen (secondary N) is 1. The number of benzene rings is 1. The fourth-order valence-electron chi connectivity index (χ4n) is 1.74. The van der Waals surface area contributed by atoms with Gasteiger partial charge in [0.15, 0.2) is 0 Å². The number of carboxylic acid groups (broad SMARTS) is 1. The maximum atomic E-state index is 10.9. The van der Waals surface area contributed by atoms with Crippen LogP contribution < -0.4 is 5.32 Å². The van der Waals surface area contributed by atoms with E-state index in [2.05, 4.69) is 10.3 Å². The van der Waals surface area contributed by atoms with Gasteiger partial charge in [-0.05, 0) is 17.7 Å². The molecule has 0 aliphatic carbocycles. The van der Waals surface area contributed by atoms with E-state index in [-0.39, 0.29) is 12.5 Å². The Hall–Kier alpha value is -2.36. The van der Waals surface area contributed by atoms with Crippen LogP contribution in [0.15, 0.2) is 54.7 Å². The third kappa shape index (κ3) is 3.31. The standard InChI is InChI=1S/C14H14N2O2/c17-14(18)10-12(11-6-2-1-3-7-11)16-13-8-4-5-9-15-13/h1-9,12H,10H2,(H,15,16)(H,17,18)/t12-/m0/s1. The Kier molecular flexibility index (Phi) is 3.91. The fourth-order valence-corrected chi connectivity index (χ4v) is 1.74. The normalized spacial score (nSPS) is 11.8. The number of aromatic nitrogens is 1. The maximum Gasteiger partial charge on any atom is 0.305 e. The van der Waals surface area contributed by atoms with Crippen LogP contribution in [0.25, 0.3) is 0 Å². The zero-order chi connectivity index (χ0) is 12.8. The van der Waals surface area contributed by atoms with Gasteiger partial charge in [0, 0.05) is 6.20 Å². The number of carbonyl (C=O) groups is 1. The highest BCUT2D eigenvalue weighted by molar-refractivity contribution is 5.68. The molecule has 0 aliphatic rings. The van der Waals surface area contributed by atoms with Crippen LogP contribution in [0.1, 0.15) is 18.0 Å². The minimum Gasteiger partial charge on any atom is -0.481 e. The van der Waals surface area contributed by atoms with Crippen LogP contribution >= 0.6 is 0 Å². The number of pyridine rings is 1. The quantitative estimate of drug-likeness (QED) is 0.846. The summed E-state index contributed by atoms with van der Waals surface area (Å²) in [4.78, 5) is 15.1. The number of aliphatic carboxylic acids is 1. The maximum absolute atomic E-state index is 10.9. The van der Waals surface area contributed by atoms with Crippen molar-refractivity contribution < 1.29 is 9.90 Å². The SMILES string of the molecule is O=C(O)C[C@H](Nc1ccccn1)c1ccccc1. The van der Waals surface area contributed by atoms with Crippen molar-refractivity contribution in [2.24, 2.45) is 0 Å². The van der Waals surface area contributed by atoms with Gasteiger partial charge < -0.3 is 10.4 Å². The molecule has 1 heterocycles. The molecule has 2 aromatic rings. The Bertz CT molecular complexity index is 500. The van der Waals surface area contributed by atoms with Crippen molar-refractivity contribution in [1.29, 1.82) is 0 Å². The average molecular weight is 242 g/mol. The minimum absolute atomic E-state index is 0.0145. The van der Waals surface area contributed by atoms with E-state index in [1.165, 1.54) is 0 Å². The van der Waals surface area contributed by atoms with E-state index >= 15 is 0 Å². The second kappa shape index (κ2) is 5.82. The Labute approximate surface area is 105 Å². The van der Waals surface area contributed by atoms with Gasteiger partial charge in [-0.15, -0.1) is 0 Å². The molecule has 0 bridgehead atoms. The topological polar surface area (TPSA) is 62.2 Å². The van der Waals surface area contributed by atoms with Gasteiger partial charge in [0.2, 0.25) is 0 Å². The first-order chi connectivity index (χ1) is 8.75. The Morgan fingerprint density at radius 3 is 2.50 bits per heavy atom. The fraction of sp³-hybridized carbons (Fsp3) is 0.143. The molecule has 4 heteroatoms. The van der Waals surface area contributed by atoms with E-state index in [9.17, 15) is 4.79 Å². The summed E-state index contributed by atoms with van der Waals surface area (Å²) in [5.41, 5.74) is 0.936. The van der Waals surface area contributed by atoms with Crippen molar-refractivity contribution >= 4 is 11.8 Å². The monoisotopic (exact) mass is 242 g/mol. The number of nitrogens with zero attached hydrogens (tertiary/aromatic N) is 1. The number of hydrogen-bond donors (Lipinski definition) is 2. The number of hydrogen-bond acceptors (Lipinski definition) is 3. The molecule has 1 aromatic carbocycles. The minimum atomic E-state index is -0.840. The Morgan fingerprint density at radius 2 is 1.89 bits per heavy atom. The summed E-state index contributed by atoms with van der Waals surface area (Å²) in [6.07, 6.45) is 1.69. The van der Waals surface area contributed by atoms with Gasteiger partial charge in [-0.3, -0.25) is 4.79 Å². The van der Waals surface area contributed by atoms with E-state index in [4.69, 9.17) is 5.11 Å². The molecule has 0 fully saturated rings. The van der Waals surface area contributed by atoms with Gasteiger partial charge in [-0.25, -0.2) is 4.98 Å². The van der Waals surface area contributed by atoms with Crippen LogP contribution in [0.3, 0.4) is 0 Å². The molecular weight excluding hydrogens is 228 g/mol. The van der Waals surface area contributed by atoms with E-state index in [0.29, 0.717) is 5.82 Å². The van der Waals surface area contributed by atoms with Crippen molar-refractivity contribution in [2.75, 3.05) is 5.32 Å². The van der Waals surface area contributed by atoms with Crippen molar-refractivity contribution in [2.45, 2.75) is 12.5 Å². The Morgan fingerprint density at radius 1 is 1.17 bits per heavy atom. The zero-order valence-electron chi connectivity index (χ0n) is 9.78. The summed E-state index contributed by atoms with van der Waals surface area (Å²) in [5.74, 6) is -0.167. The largest absolute Gasteiger partial charge is 0.481 e. The van der Waals surface area contributed by atoms with E-state index in [0.717, 1.165) is 5.56 Å². The molecule has 4 nitrogen and oxygen atoms in total. The van der Waals surface area contributed by atoms with Crippen molar-refractivity contribution in [3.05, 3.63) is 60.3 Å². The van der Waals surface area contributed by atoms with Gasteiger partial charge >= 0.3 is 5.97 Å². The molecule has 0 saturated heterocycles. The summed E-state index contributed by atoms with van der Waals surface area (Å²) >= 11 is 0.